The molecule has 96 valence electrons. The lowest BCUT2D eigenvalue weighted by molar-refractivity contribution is -0.117. The first-order valence-corrected chi connectivity index (χ1v) is 4.26. The molecule has 5 nitrogen and oxygen atoms in total. The highest BCUT2D eigenvalue weighted by Crippen LogP contribution is 2.23. The average molecular weight is 257 g/mol. The Labute approximate surface area is 92.2 Å². The summed E-state index contributed by atoms with van der Waals surface area (Å²) in [5, 5.41) is 1.76. The molecule has 0 saturated heterocycles. The lowest BCUT2D eigenvalue weighted by Gasteiger charge is -2.16. The maximum atomic E-state index is 13.0. The molecule has 17 heavy (non-hydrogen) atoms. The van der Waals surface area contributed by atoms with E-state index in [1.54, 1.807) is 5.32 Å². The quantitative estimate of drug-likeness (QED) is 0.420. The Morgan fingerprint density at radius 2 is 2.06 bits per heavy atom. The van der Waals surface area contributed by atoms with E-state index in [1.165, 1.54) is 0 Å². The summed E-state index contributed by atoms with van der Waals surface area (Å²) >= 11 is 0. The van der Waals surface area contributed by atoms with Crippen molar-refractivity contribution in [2.75, 3.05) is 17.3 Å². The monoisotopic (exact) mass is 257 g/mol. The summed E-state index contributed by atoms with van der Waals surface area (Å²) in [4.78, 5) is 6.68. The average Bonchev–Trinajstić information content (AvgIpc) is 2.28. The van der Waals surface area contributed by atoms with E-state index in [0.717, 1.165) is 0 Å². The van der Waals surface area contributed by atoms with E-state index in [-0.39, 0.29) is 5.95 Å². The van der Waals surface area contributed by atoms with Gasteiger partial charge in [0.25, 0.3) is 0 Å². The first-order chi connectivity index (χ1) is 7.86. The van der Waals surface area contributed by atoms with Crippen molar-refractivity contribution in [3.63, 3.8) is 0 Å². The minimum Gasteiger partial charge on any atom is -0.361 e. The molecule has 4 N–H and O–H groups in total. The fraction of sp³-hybridized carbons (Fsp3) is 0.429. The van der Waals surface area contributed by atoms with Gasteiger partial charge in [0.1, 0.15) is 0 Å². The van der Waals surface area contributed by atoms with Gasteiger partial charge < -0.3 is 5.32 Å². The summed E-state index contributed by atoms with van der Waals surface area (Å²) < 4.78 is 61.7. The van der Waals surface area contributed by atoms with Gasteiger partial charge in [-0.25, -0.2) is 24.0 Å². The van der Waals surface area contributed by atoms with Crippen molar-refractivity contribution >= 4 is 11.8 Å². The predicted molar refractivity (Wildman–Crippen MR) is 49.2 cm³/mol. The number of hydrogen-bond acceptors (Lipinski definition) is 5. The Hall–Kier alpha value is -1.71. The number of nitrogens with one attached hydrogen (secondary N) is 2. The number of rotatable bonds is 5. The second-order valence-electron chi connectivity index (χ2n) is 2.95. The molecule has 0 aliphatic rings. The summed E-state index contributed by atoms with van der Waals surface area (Å²) in [6.07, 6.45) is -3.20. The van der Waals surface area contributed by atoms with Gasteiger partial charge >= 0.3 is 12.3 Å². The van der Waals surface area contributed by atoms with E-state index >= 15 is 0 Å². The normalized spacial score (nSPS) is 11.7. The molecule has 1 aromatic rings. The van der Waals surface area contributed by atoms with Crippen LogP contribution in [-0.2, 0) is 0 Å². The summed E-state index contributed by atoms with van der Waals surface area (Å²) in [5.74, 6) is -1.33. The van der Waals surface area contributed by atoms with Crippen LogP contribution < -0.4 is 16.6 Å². The maximum Gasteiger partial charge on any atom is 0.324 e. The molecule has 0 amide bonds. The van der Waals surface area contributed by atoms with Crippen LogP contribution in [0.4, 0.5) is 33.7 Å². The van der Waals surface area contributed by atoms with Crippen LogP contribution in [-0.4, -0.2) is 28.9 Å². The van der Waals surface area contributed by atoms with Crippen LogP contribution in [0.25, 0.3) is 0 Å². The van der Waals surface area contributed by atoms with Crippen LogP contribution >= 0.6 is 0 Å². The van der Waals surface area contributed by atoms with E-state index < -0.39 is 30.5 Å². The Morgan fingerprint density at radius 3 is 2.59 bits per heavy atom. The number of alkyl halides is 4. The van der Waals surface area contributed by atoms with Gasteiger partial charge in [0.2, 0.25) is 5.95 Å². The molecule has 0 aromatic carbocycles. The zero-order chi connectivity index (χ0) is 13.1. The number of halogens is 5. The molecule has 1 heterocycles. The molecule has 10 heteroatoms. The second kappa shape index (κ2) is 5.08. The molecule has 0 bridgehead atoms. The van der Waals surface area contributed by atoms with Crippen molar-refractivity contribution in [3.05, 3.63) is 12.0 Å². The van der Waals surface area contributed by atoms with Crippen LogP contribution in [0.15, 0.2) is 6.20 Å². The number of hydrogen-bond donors (Lipinski definition) is 3. The Morgan fingerprint density at radius 1 is 1.41 bits per heavy atom. The van der Waals surface area contributed by atoms with Crippen molar-refractivity contribution in [3.8, 4) is 0 Å². The third kappa shape index (κ3) is 3.37. The summed E-state index contributed by atoms with van der Waals surface area (Å²) in [5.41, 5.74) is 1.95. The molecule has 1 rings (SSSR count). The van der Waals surface area contributed by atoms with Crippen molar-refractivity contribution in [1.29, 1.82) is 0 Å². The van der Waals surface area contributed by atoms with Gasteiger partial charge in [-0.1, -0.05) is 0 Å². The number of nitrogens with two attached hydrogens (primary N) is 1. The van der Waals surface area contributed by atoms with Gasteiger partial charge in [-0.15, -0.1) is 0 Å². The topological polar surface area (TPSA) is 75.9 Å². The molecule has 1 aromatic heterocycles. The number of nitrogens with zero attached hydrogens (tertiary/aromatic N) is 2. The van der Waals surface area contributed by atoms with Crippen LogP contribution in [0.5, 0.6) is 0 Å². The van der Waals surface area contributed by atoms with E-state index in [0.29, 0.717) is 6.20 Å². The van der Waals surface area contributed by atoms with Crippen LogP contribution in [0.3, 0.4) is 0 Å². The minimum atomic E-state index is -4.28. The van der Waals surface area contributed by atoms with E-state index in [2.05, 4.69) is 9.97 Å². The zero-order valence-corrected chi connectivity index (χ0v) is 8.22. The van der Waals surface area contributed by atoms with Gasteiger partial charge in [-0.3, -0.25) is 5.43 Å². The number of anilines is 2. The fourth-order valence-electron chi connectivity index (χ4n) is 0.839. The van der Waals surface area contributed by atoms with Crippen LogP contribution in [0.2, 0.25) is 0 Å². The number of aromatic nitrogens is 2. The fourth-order valence-corrected chi connectivity index (χ4v) is 0.839. The maximum absolute atomic E-state index is 13.0. The van der Waals surface area contributed by atoms with Gasteiger partial charge in [0.05, 0.1) is 12.7 Å². The van der Waals surface area contributed by atoms with E-state index in [1.807, 2.05) is 5.43 Å². The summed E-state index contributed by atoms with van der Waals surface area (Å²) in [6, 6.07) is 0. The smallest absolute Gasteiger partial charge is 0.324 e. The first-order valence-electron chi connectivity index (χ1n) is 4.26. The van der Waals surface area contributed by atoms with Crippen molar-refractivity contribution in [2.24, 2.45) is 5.84 Å². The van der Waals surface area contributed by atoms with Crippen LogP contribution in [0.1, 0.15) is 0 Å². The molecule has 0 fully saturated rings. The lowest BCUT2D eigenvalue weighted by atomic mass is 10.3. The van der Waals surface area contributed by atoms with Crippen molar-refractivity contribution in [1.82, 2.24) is 9.97 Å². The third-order valence-electron chi connectivity index (χ3n) is 1.68. The van der Waals surface area contributed by atoms with Gasteiger partial charge in [0.15, 0.2) is 11.6 Å². The number of hydrazine groups is 1. The van der Waals surface area contributed by atoms with Gasteiger partial charge in [-0.2, -0.15) is 13.8 Å². The highest BCUT2D eigenvalue weighted by Gasteiger charge is 2.40. The standard InChI is InChI=1S/C7H8F5N5/c8-3-1-14-6(17-13)16-4(3)15-2-7(11,12)5(9)10/h1,5H,2,13H2,(H2,14,15,16,17). The Kier molecular flexibility index (Phi) is 3.99. The largest absolute Gasteiger partial charge is 0.361 e. The molecule has 0 spiro atoms. The predicted octanol–water partition coefficient (Wildman–Crippen LogP) is 1.21. The molecule has 0 aliphatic heterocycles. The molecular formula is C7H8F5N5. The molecule has 0 unspecified atom stereocenters. The SMILES string of the molecule is NNc1ncc(F)c(NCC(F)(F)C(F)F)n1. The number of nitrogen functional groups attached to an aromatic ring is 1. The van der Waals surface area contributed by atoms with Crippen molar-refractivity contribution in [2.45, 2.75) is 12.3 Å². The molecule has 0 aliphatic carbocycles. The Balaban J connectivity index is 2.75. The molecule has 0 atom stereocenters. The van der Waals surface area contributed by atoms with Crippen molar-refractivity contribution < 1.29 is 22.0 Å². The Bertz CT molecular complexity index is 385. The minimum absolute atomic E-state index is 0.241. The summed E-state index contributed by atoms with van der Waals surface area (Å²) in [7, 11) is 0. The van der Waals surface area contributed by atoms with Gasteiger partial charge in [0, 0.05) is 0 Å². The molecule has 0 radical (unpaired) electrons. The highest BCUT2D eigenvalue weighted by atomic mass is 19.3. The van der Waals surface area contributed by atoms with Gasteiger partial charge in [-0.05, 0) is 0 Å². The third-order valence-corrected chi connectivity index (χ3v) is 1.68. The van der Waals surface area contributed by atoms with E-state index in [4.69, 9.17) is 5.84 Å². The second-order valence-corrected chi connectivity index (χ2v) is 2.95. The highest BCUT2D eigenvalue weighted by molar-refractivity contribution is 5.40. The lowest BCUT2D eigenvalue weighted by Crippen LogP contribution is -2.35. The van der Waals surface area contributed by atoms with E-state index in [9.17, 15) is 22.0 Å². The van der Waals surface area contributed by atoms with Crippen LogP contribution in [0, 0.1) is 5.82 Å². The molecular weight excluding hydrogens is 249 g/mol. The zero-order valence-electron chi connectivity index (χ0n) is 8.22. The first kappa shape index (κ1) is 13.4. The molecule has 0 saturated carbocycles. The summed E-state index contributed by atoms with van der Waals surface area (Å²) in [6.45, 7) is -1.46.